The number of methoxy groups -OCH3 is 1. The first kappa shape index (κ1) is 18.5. The highest BCUT2D eigenvalue weighted by Gasteiger charge is 2.31. The highest BCUT2D eigenvalue weighted by molar-refractivity contribution is 6.35. The molecule has 1 aliphatic rings. The number of benzene rings is 1. The van der Waals surface area contributed by atoms with Crippen LogP contribution in [0.1, 0.15) is 18.9 Å². The third-order valence-electron chi connectivity index (χ3n) is 4.36. The molecule has 1 heterocycles. The zero-order valence-corrected chi connectivity index (χ0v) is 15.2. The van der Waals surface area contributed by atoms with Gasteiger partial charge in [-0.05, 0) is 42.5 Å². The van der Waals surface area contributed by atoms with E-state index >= 15 is 0 Å². The molecule has 1 N–H and O–H groups in total. The lowest BCUT2D eigenvalue weighted by Gasteiger charge is -2.31. The van der Waals surface area contributed by atoms with E-state index in [2.05, 4.69) is 17.1 Å². The molecule has 1 aromatic carbocycles. The second-order valence-corrected chi connectivity index (χ2v) is 7.35. The Labute approximate surface area is 148 Å². The highest BCUT2D eigenvalue weighted by Crippen LogP contribution is 2.26. The summed E-state index contributed by atoms with van der Waals surface area (Å²) in [5.41, 5.74) is 1.23. The summed E-state index contributed by atoms with van der Waals surface area (Å²) in [4.78, 5) is 13.9. The first-order chi connectivity index (χ1) is 10.9. The fourth-order valence-electron chi connectivity index (χ4n) is 3.01. The van der Waals surface area contributed by atoms with Crippen molar-refractivity contribution in [3.63, 3.8) is 0 Å². The number of halogens is 2. The minimum absolute atomic E-state index is 0.192. The van der Waals surface area contributed by atoms with Crippen LogP contribution in [0.4, 0.5) is 0 Å². The number of rotatable bonds is 7. The topological polar surface area (TPSA) is 41.6 Å². The lowest BCUT2D eigenvalue weighted by atomic mass is 9.89. The summed E-state index contributed by atoms with van der Waals surface area (Å²) < 4.78 is 4.83. The number of carbonyl (C=O) groups excluding carboxylic acids is 1. The summed E-state index contributed by atoms with van der Waals surface area (Å²) >= 11 is 12.2. The number of nitrogens with zero attached hydrogens (tertiary/aromatic N) is 1. The van der Waals surface area contributed by atoms with Gasteiger partial charge in [-0.15, -0.1) is 0 Å². The second-order valence-electron chi connectivity index (χ2n) is 6.51. The highest BCUT2D eigenvalue weighted by atomic mass is 35.5. The van der Waals surface area contributed by atoms with Crippen molar-refractivity contribution >= 4 is 29.2 Å². The molecule has 0 aliphatic carbocycles. The molecule has 1 atom stereocenters. The van der Waals surface area contributed by atoms with E-state index in [9.17, 15) is 4.79 Å². The summed E-state index contributed by atoms with van der Waals surface area (Å²) in [6, 6.07) is 5.54. The van der Waals surface area contributed by atoms with Gasteiger partial charge in [-0.1, -0.05) is 36.2 Å². The summed E-state index contributed by atoms with van der Waals surface area (Å²) in [6.07, 6.45) is 1.89. The third kappa shape index (κ3) is 5.64. The van der Waals surface area contributed by atoms with Gasteiger partial charge in [0, 0.05) is 29.7 Å². The standard InChI is InChI=1S/C17H24Cl2N2O2/c1-17(6-7-20-11-17)12-21(10-16(22)23-2)8-5-13-3-4-14(18)9-15(13)19/h3-4,9,20H,5-8,10-12H2,1-2H3. The first-order valence-corrected chi connectivity index (χ1v) is 8.61. The number of ether oxygens (including phenoxy) is 1. The molecule has 23 heavy (non-hydrogen) atoms. The Kier molecular flexibility index (Phi) is 6.72. The number of hydrogen-bond acceptors (Lipinski definition) is 4. The molecule has 1 saturated heterocycles. The van der Waals surface area contributed by atoms with Crippen LogP contribution < -0.4 is 5.32 Å². The molecule has 0 bridgehead atoms. The fourth-order valence-corrected chi connectivity index (χ4v) is 3.51. The Hall–Kier alpha value is -0.810. The van der Waals surface area contributed by atoms with Gasteiger partial charge < -0.3 is 10.1 Å². The molecule has 0 saturated carbocycles. The van der Waals surface area contributed by atoms with Gasteiger partial charge >= 0.3 is 5.97 Å². The van der Waals surface area contributed by atoms with Gasteiger partial charge in [-0.3, -0.25) is 9.69 Å². The molecule has 0 aromatic heterocycles. The Morgan fingerprint density at radius 3 is 2.83 bits per heavy atom. The number of carbonyl (C=O) groups is 1. The van der Waals surface area contributed by atoms with Crippen LogP contribution in [0.3, 0.4) is 0 Å². The van der Waals surface area contributed by atoms with Gasteiger partial charge in [0.25, 0.3) is 0 Å². The Balaban J connectivity index is 2.00. The predicted molar refractivity (Wildman–Crippen MR) is 94.2 cm³/mol. The minimum atomic E-state index is -0.207. The lowest BCUT2D eigenvalue weighted by Crippen LogP contribution is -2.41. The van der Waals surface area contributed by atoms with Crippen molar-refractivity contribution in [1.82, 2.24) is 10.2 Å². The first-order valence-electron chi connectivity index (χ1n) is 7.86. The molecule has 6 heteroatoms. The maximum absolute atomic E-state index is 11.7. The molecule has 0 spiro atoms. The molecular weight excluding hydrogens is 335 g/mol. The van der Waals surface area contributed by atoms with Crippen LogP contribution in [0.15, 0.2) is 18.2 Å². The zero-order valence-electron chi connectivity index (χ0n) is 13.7. The molecular formula is C17H24Cl2N2O2. The molecule has 4 nitrogen and oxygen atoms in total. The third-order valence-corrected chi connectivity index (χ3v) is 4.94. The number of nitrogens with one attached hydrogen (secondary N) is 1. The van der Waals surface area contributed by atoms with Crippen LogP contribution in [-0.4, -0.2) is 50.7 Å². The fraction of sp³-hybridized carbons (Fsp3) is 0.588. The predicted octanol–water partition coefficient (Wildman–Crippen LogP) is 3.01. The lowest BCUT2D eigenvalue weighted by molar-refractivity contribution is -0.142. The van der Waals surface area contributed by atoms with Crippen molar-refractivity contribution in [2.75, 3.05) is 39.8 Å². The van der Waals surface area contributed by atoms with E-state index < -0.39 is 0 Å². The monoisotopic (exact) mass is 358 g/mol. The van der Waals surface area contributed by atoms with Gasteiger partial charge in [0.15, 0.2) is 0 Å². The van der Waals surface area contributed by atoms with Crippen molar-refractivity contribution in [1.29, 1.82) is 0 Å². The van der Waals surface area contributed by atoms with Gasteiger partial charge in [-0.25, -0.2) is 0 Å². The summed E-state index contributed by atoms with van der Waals surface area (Å²) in [6.45, 7) is 6.19. The van der Waals surface area contributed by atoms with Crippen LogP contribution >= 0.6 is 23.2 Å². The van der Waals surface area contributed by atoms with Crippen molar-refractivity contribution in [3.8, 4) is 0 Å². The maximum atomic E-state index is 11.7. The average molecular weight is 359 g/mol. The van der Waals surface area contributed by atoms with Gasteiger partial charge in [0.2, 0.25) is 0 Å². The molecule has 1 aromatic rings. The van der Waals surface area contributed by atoms with Crippen molar-refractivity contribution in [2.24, 2.45) is 5.41 Å². The molecule has 128 valence electrons. The largest absolute Gasteiger partial charge is 0.468 e. The molecule has 1 fully saturated rings. The molecule has 0 radical (unpaired) electrons. The van der Waals surface area contributed by atoms with Crippen molar-refractivity contribution < 1.29 is 9.53 Å². The van der Waals surface area contributed by atoms with Crippen LogP contribution in [0.5, 0.6) is 0 Å². The van der Waals surface area contributed by atoms with E-state index in [-0.39, 0.29) is 11.4 Å². The van der Waals surface area contributed by atoms with Crippen molar-refractivity contribution in [3.05, 3.63) is 33.8 Å². The Morgan fingerprint density at radius 2 is 2.22 bits per heavy atom. The van der Waals surface area contributed by atoms with E-state index in [1.807, 2.05) is 12.1 Å². The van der Waals surface area contributed by atoms with Crippen LogP contribution in [0, 0.1) is 5.41 Å². The number of hydrogen-bond donors (Lipinski definition) is 1. The molecule has 1 unspecified atom stereocenters. The summed E-state index contributed by atoms with van der Waals surface area (Å²) in [7, 11) is 1.43. The van der Waals surface area contributed by atoms with Crippen LogP contribution in [0.25, 0.3) is 0 Å². The van der Waals surface area contributed by atoms with E-state index in [4.69, 9.17) is 27.9 Å². The average Bonchev–Trinajstić information content (AvgIpc) is 2.92. The Bertz CT molecular complexity index is 545. The minimum Gasteiger partial charge on any atom is -0.468 e. The Morgan fingerprint density at radius 1 is 1.43 bits per heavy atom. The summed E-state index contributed by atoms with van der Waals surface area (Å²) in [5, 5.41) is 4.70. The normalized spacial score (nSPS) is 20.9. The molecule has 0 amide bonds. The SMILES string of the molecule is COC(=O)CN(CCc1ccc(Cl)cc1Cl)CC1(C)CCNC1. The molecule has 2 rings (SSSR count). The van der Waals surface area contributed by atoms with Gasteiger partial charge in [0.05, 0.1) is 13.7 Å². The quantitative estimate of drug-likeness (QED) is 0.760. The molecule has 1 aliphatic heterocycles. The van der Waals surface area contributed by atoms with Crippen LogP contribution in [-0.2, 0) is 16.0 Å². The zero-order chi connectivity index (χ0) is 16.9. The van der Waals surface area contributed by atoms with Gasteiger partial charge in [-0.2, -0.15) is 0 Å². The van der Waals surface area contributed by atoms with E-state index in [0.29, 0.717) is 16.6 Å². The van der Waals surface area contributed by atoms with Crippen molar-refractivity contribution in [2.45, 2.75) is 19.8 Å². The number of esters is 1. The maximum Gasteiger partial charge on any atom is 0.319 e. The second kappa shape index (κ2) is 8.34. The smallest absolute Gasteiger partial charge is 0.319 e. The van der Waals surface area contributed by atoms with E-state index in [1.165, 1.54) is 7.11 Å². The van der Waals surface area contributed by atoms with E-state index in [1.54, 1.807) is 6.07 Å². The summed E-state index contributed by atoms with van der Waals surface area (Å²) in [5.74, 6) is -0.207. The van der Waals surface area contributed by atoms with Gasteiger partial charge in [0.1, 0.15) is 0 Å². The van der Waals surface area contributed by atoms with Crippen LogP contribution in [0.2, 0.25) is 10.0 Å². The van der Waals surface area contributed by atoms with E-state index in [0.717, 1.165) is 44.6 Å².